The van der Waals surface area contributed by atoms with Gasteiger partial charge in [0, 0.05) is 6.61 Å². The molecule has 0 saturated heterocycles. The first-order valence-electron chi connectivity index (χ1n) is 6.74. The molecule has 5 heteroatoms. The van der Waals surface area contributed by atoms with Crippen LogP contribution in [0.3, 0.4) is 0 Å². The number of nitrogens with zero attached hydrogens (tertiary/aromatic N) is 2. The number of ether oxygens (including phenoxy) is 1. The van der Waals surface area contributed by atoms with E-state index in [9.17, 15) is 0 Å². The van der Waals surface area contributed by atoms with E-state index in [2.05, 4.69) is 24.0 Å². The molecule has 0 aliphatic rings. The lowest BCUT2D eigenvalue weighted by atomic mass is 9.96. The summed E-state index contributed by atoms with van der Waals surface area (Å²) < 4.78 is 11.1. The van der Waals surface area contributed by atoms with Gasteiger partial charge in [-0.3, -0.25) is 0 Å². The van der Waals surface area contributed by atoms with Crippen LogP contribution < -0.4 is 5.73 Å². The van der Waals surface area contributed by atoms with Crippen molar-refractivity contribution in [3.63, 3.8) is 0 Å². The Kier molecular flexibility index (Phi) is 5.28. The normalized spacial score (nSPS) is 14.2. The molecular weight excluding hydrogens is 230 g/mol. The number of nitrogens with two attached hydrogens (primary N) is 1. The van der Waals surface area contributed by atoms with Crippen molar-refractivity contribution in [2.24, 2.45) is 11.7 Å². The van der Waals surface area contributed by atoms with Crippen LogP contribution >= 0.6 is 0 Å². The summed E-state index contributed by atoms with van der Waals surface area (Å²) in [5, 5.41) is 4.06. The summed E-state index contributed by atoms with van der Waals surface area (Å²) in [6.07, 6.45) is 1.63. The average Bonchev–Trinajstić information content (AvgIpc) is 2.85. The molecule has 1 atom stereocenters. The van der Waals surface area contributed by atoms with E-state index >= 15 is 0 Å². The Labute approximate surface area is 109 Å². The van der Waals surface area contributed by atoms with Gasteiger partial charge in [-0.1, -0.05) is 32.9 Å². The van der Waals surface area contributed by atoms with Crippen LogP contribution in [0, 0.1) is 5.92 Å². The third-order valence-electron chi connectivity index (χ3n) is 3.42. The maximum atomic E-state index is 6.01. The largest absolute Gasteiger partial charge is 0.367 e. The minimum Gasteiger partial charge on any atom is -0.367 e. The summed E-state index contributed by atoms with van der Waals surface area (Å²) in [5.41, 5.74) is 5.56. The van der Waals surface area contributed by atoms with Crippen LogP contribution in [0.5, 0.6) is 0 Å². The Balaban J connectivity index is 3.01. The standard InChI is InChI=1S/C13H25N3O2/c1-6-13(7-2,17-8-3)12-15-11(18-16-12)10(14)9(4)5/h9-10H,6-8,14H2,1-5H3/t10-/m0/s1. The number of rotatable bonds is 7. The van der Waals surface area contributed by atoms with Gasteiger partial charge in [0.2, 0.25) is 11.7 Å². The fourth-order valence-corrected chi connectivity index (χ4v) is 1.95. The third kappa shape index (κ3) is 2.90. The second-order valence-corrected chi connectivity index (χ2v) is 4.86. The maximum absolute atomic E-state index is 6.01. The van der Waals surface area contributed by atoms with Crippen molar-refractivity contribution in [2.75, 3.05) is 6.61 Å². The molecule has 1 aromatic rings. The maximum Gasteiger partial charge on any atom is 0.243 e. The zero-order valence-corrected chi connectivity index (χ0v) is 12.1. The van der Waals surface area contributed by atoms with E-state index in [-0.39, 0.29) is 12.0 Å². The van der Waals surface area contributed by atoms with E-state index in [0.717, 1.165) is 12.8 Å². The van der Waals surface area contributed by atoms with Gasteiger partial charge in [-0.2, -0.15) is 4.98 Å². The van der Waals surface area contributed by atoms with Crippen molar-refractivity contribution >= 4 is 0 Å². The van der Waals surface area contributed by atoms with Gasteiger partial charge in [0.1, 0.15) is 5.60 Å². The Hall–Kier alpha value is -0.940. The van der Waals surface area contributed by atoms with Crippen molar-refractivity contribution < 1.29 is 9.26 Å². The molecule has 0 saturated carbocycles. The van der Waals surface area contributed by atoms with Crippen molar-refractivity contribution in [3.8, 4) is 0 Å². The van der Waals surface area contributed by atoms with E-state index in [0.29, 0.717) is 18.3 Å². The molecule has 1 aromatic heterocycles. The number of aromatic nitrogens is 2. The topological polar surface area (TPSA) is 74.2 Å². The first-order chi connectivity index (χ1) is 8.50. The molecule has 1 heterocycles. The fourth-order valence-electron chi connectivity index (χ4n) is 1.95. The molecule has 5 nitrogen and oxygen atoms in total. The molecular formula is C13H25N3O2. The predicted octanol–water partition coefficient (Wildman–Crippen LogP) is 2.78. The Morgan fingerprint density at radius 1 is 1.28 bits per heavy atom. The van der Waals surface area contributed by atoms with Crippen LogP contribution in [0.1, 0.15) is 65.2 Å². The lowest BCUT2D eigenvalue weighted by Crippen LogP contribution is -2.30. The molecule has 0 aromatic carbocycles. The molecule has 0 amide bonds. The minimum atomic E-state index is -0.451. The quantitative estimate of drug-likeness (QED) is 0.811. The SMILES string of the molecule is CCOC(CC)(CC)c1noc([C@@H](N)C(C)C)n1. The van der Waals surface area contributed by atoms with E-state index in [4.69, 9.17) is 15.0 Å². The summed E-state index contributed by atoms with van der Waals surface area (Å²) >= 11 is 0. The van der Waals surface area contributed by atoms with Gasteiger partial charge >= 0.3 is 0 Å². The molecule has 104 valence electrons. The Bertz CT molecular complexity index is 359. The van der Waals surface area contributed by atoms with Gasteiger partial charge in [0.25, 0.3) is 0 Å². The molecule has 18 heavy (non-hydrogen) atoms. The highest BCUT2D eigenvalue weighted by Gasteiger charge is 2.35. The van der Waals surface area contributed by atoms with Crippen LogP contribution in [-0.4, -0.2) is 16.7 Å². The highest BCUT2D eigenvalue weighted by atomic mass is 16.5. The van der Waals surface area contributed by atoms with Crippen LogP contribution in [-0.2, 0) is 10.3 Å². The van der Waals surface area contributed by atoms with Gasteiger partial charge in [0.05, 0.1) is 6.04 Å². The summed E-state index contributed by atoms with van der Waals surface area (Å²) in [5.74, 6) is 1.37. The summed E-state index contributed by atoms with van der Waals surface area (Å²) in [6, 6.07) is -0.223. The van der Waals surface area contributed by atoms with Crippen molar-refractivity contribution in [1.29, 1.82) is 0 Å². The smallest absolute Gasteiger partial charge is 0.243 e. The first-order valence-corrected chi connectivity index (χ1v) is 6.74. The lowest BCUT2D eigenvalue weighted by Gasteiger charge is -2.27. The van der Waals surface area contributed by atoms with Crippen molar-refractivity contribution in [2.45, 2.75) is 59.1 Å². The zero-order chi connectivity index (χ0) is 13.8. The lowest BCUT2D eigenvalue weighted by molar-refractivity contribution is -0.0583. The molecule has 0 unspecified atom stereocenters. The summed E-state index contributed by atoms with van der Waals surface area (Å²) in [7, 11) is 0. The Morgan fingerprint density at radius 3 is 2.33 bits per heavy atom. The van der Waals surface area contributed by atoms with E-state index < -0.39 is 5.60 Å². The van der Waals surface area contributed by atoms with Gasteiger partial charge in [-0.05, 0) is 25.7 Å². The second-order valence-electron chi connectivity index (χ2n) is 4.86. The van der Waals surface area contributed by atoms with Crippen molar-refractivity contribution in [1.82, 2.24) is 10.1 Å². The zero-order valence-electron chi connectivity index (χ0n) is 12.1. The Morgan fingerprint density at radius 2 is 1.89 bits per heavy atom. The minimum absolute atomic E-state index is 0.223. The van der Waals surface area contributed by atoms with Crippen molar-refractivity contribution in [3.05, 3.63) is 11.7 Å². The van der Waals surface area contributed by atoms with Gasteiger partial charge in [-0.25, -0.2) is 0 Å². The molecule has 0 radical (unpaired) electrons. The number of hydrogen-bond donors (Lipinski definition) is 1. The summed E-state index contributed by atoms with van der Waals surface area (Å²) in [4.78, 5) is 4.44. The fraction of sp³-hybridized carbons (Fsp3) is 0.846. The summed E-state index contributed by atoms with van der Waals surface area (Å²) in [6.45, 7) is 10.8. The highest BCUT2D eigenvalue weighted by molar-refractivity contribution is 5.03. The van der Waals surface area contributed by atoms with Crippen LogP contribution in [0.25, 0.3) is 0 Å². The molecule has 0 fully saturated rings. The number of hydrogen-bond acceptors (Lipinski definition) is 5. The first kappa shape index (κ1) is 15.1. The predicted molar refractivity (Wildman–Crippen MR) is 70.0 cm³/mol. The molecule has 2 N–H and O–H groups in total. The van der Waals surface area contributed by atoms with E-state index in [1.165, 1.54) is 0 Å². The third-order valence-corrected chi connectivity index (χ3v) is 3.42. The molecule has 0 aliphatic carbocycles. The van der Waals surface area contributed by atoms with Crippen LogP contribution in [0.4, 0.5) is 0 Å². The molecule has 1 rings (SSSR count). The van der Waals surface area contributed by atoms with Crippen LogP contribution in [0.15, 0.2) is 4.52 Å². The van der Waals surface area contributed by atoms with Gasteiger partial charge < -0.3 is 15.0 Å². The molecule has 0 spiro atoms. The highest BCUT2D eigenvalue weighted by Crippen LogP contribution is 2.31. The van der Waals surface area contributed by atoms with Gasteiger partial charge in [-0.15, -0.1) is 0 Å². The average molecular weight is 255 g/mol. The van der Waals surface area contributed by atoms with Gasteiger partial charge in [0.15, 0.2) is 0 Å². The molecule has 0 bridgehead atoms. The monoisotopic (exact) mass is 255 g/mol. The molecule has 0 aliphatic heterocycles. The van der Waals surface area contributed by atoms with E-state index in [1.54, 1.807) is 0 Å². The van der Waals surface area contributed by atoms with E-state index in [1.807, 2.05) is 20.8 Å². The van der Waals surface area contributed by atoms with Crippen LogP contribution in [0.2, 0.25) is 0 Å². The second kappa shape index (κ2) is 6.29.